The number of nitrogens with zero attached hydrogens (tertiary/aromatic N) is 5. The maximum Gasteiger partial charge on any atom is 0.222 e. The second-order valence-corrected chi connectivity index (χ2v) is 8.62. The van der Waals surface area contributed by atoms with Gasteiger partial charge in [0, 0.05) is 55.8 Å². The van der Waals surface area contributed by atoms with Gasteiger partial charge >= 0.3 is 0 Å². The average Bonchev–Trinajstić information content (AvgIpc) is 3.11. The lowest BCUT2D eigenvalue weighted by atomic mass is 9.73. The van der Waals surface area contributed by atoms with Gasteiger partial charge in [-0.3, -0.25) is 4.79 Å². The van der Waals surface area contributed by atoms with Gasteiger partial charge in [0.25, 0.3) is 0 Å². The molecule has 6 heteroatoms. The standard InChI is InChI=1S/C20H31N5O/c1-23(2)11-12-24-13-20(9-7-18(24)26)8-4-10-25(14-20)19-16-5-3-6-17(16)21-15-22-19/h15H,3-14H2,1-2H3/t20-/m0/s1. The number of hydrogen-bond donors (Lipinski definition) is 0. The largest absolute Gasteiger partial charge is 0.356 e. The Kier molecular flexibility index (Phi) is 4.86. The maximum atomic E-state index is 12.4. The van der Waals surface area contributed by atoms with Crippen molar-refractivity contribution < 1.29 is 4.79 Å². The summed E-state index contributed by atoms with van der Waals surface area (Å²) in [5.41, 5.74) is 2.86. The number of carbonyl (C=O) groups is 1. The molecule has 0 saturated carbocycles. The van der Waals surface area contributed by atoms with Gasteiger partial charge in [0.1, 0.15) is 12.1 Å². The number of likely N-dealkylation sites (tertiary alicyclic amines) is 1. The van der Waals surface area contributed by atoms with Crippen molar-refractivity contribution in [3.63, 3.8) is 0 Å². The molecule has 1 atom stereocenters. The molecule has 0 unspecified atom stereocenters. The van der Waals surface area contributed by atoms with E-state index in [2.05, 4.69) is 38.8 Å². The summed E-state index contributed by atoms with van der Waals surface area (Å²) in [4.78, 5) is 28.3. The number of likely N-dealkylation sites (N-methyl/N-ethyl adjacent to an activating group) is 1. The highest BCUT2D eigenvalue weighted by Gasteiger charge is 2.42. The predicted molar refractivity (Wildman–Crippen MR) is 102 cm³/mol. The number of carbonyl (C=O) groups excluding carboxylic acids is 1. The summed E-state index contributed by atoms with van der Waals surface area (Å²) < 4.78 is 0. The van der Waals surface area contributed by atoms with Crippen molar-refractivity contribution in [2.45, 2.75) is 44.9 Å². The van der Waals surface area contributed by atoms with Gasteiger partial charge in [-0.15, -0.1) is 0 Å². The van der Waals surface area contributed by atoms with E-state index in [-0.39, 0.29) is 5.41 Å². The van der Waals surface area contributed by atoms with E-state index in [0.29, 0.717) is 12.3 Å². The van der Waals surface area contributed by atoms with E-state index in [1.165, 1.54) is 36.3 Å². The van der Waals surface area contributed by atoms with Crippen LogP contribution in [0.3, 0.4) is 0 Å². The molecule has 4 rings (SSSR count). The Balaban J connectivity index is 1.51. The van der Waals surface area contributed by atoms with Crippen molar-refractivity contribution >= 4 is 11.7 Å². The molecule has 2 fully saturated rings. The highest BCUT2D eigenvalue weighted by molar-refractivity contribution is 5.77. The van der Waals surface area contributed by atoms with Crippen LogP contribution in [-0.4, -0.2) is 72.5 Å². The van der Waals surface area contributed by atoms with Gasteiger partial charge in [-0.2, -0.15) is 0 Å². The smallest absolute Gasteiger partial charge is 0.222 e. The Morgan fingerprint density at radius 2 is 2.00 bits per heavy atom. The minimum absolute atomic E-state index is 0.231. The molecule has 1 aromatic heterocycles. The zero-order chi connectivity index (χ0) is 18.1. The number of rotatable bonds is 4. The zero-order valence-corrected chi connectivity index (χ0v) is 16.2. The first-order valence-electron chi connectivity index (χ1n) is 10.1. The van der Waals surface area contributed by atoms with E-state index < -0.39 is 0 Å². The van der Waals surface area contributed by atoms with Crippen LogP contribution in [0, 0.1) is 5.41 Å². The molecule has 0 bridgehead atoms. The minimum atomic E-state index is 0.231. The maximum absolute atomic E-state index is 12.4. The first-order valence-corrected chi connectivity index (χ1v) is 10.1. The molecule has 2 saturated heterocycles. The zero-order valence-electron chi connectivity index (χ0n) is 16.2. The normalized spacial score (nSPS) is 26.0. The van der Waals surface area contributed by atoms with Crippen LogP contribution in [0.1, 0.15) is 43.4 Å². The SMILES string of the molecule is CN(C)CCN1C[C@]2(CCCN(c3ncnc4c3CCC4)C2)CCC1=O. The van der Waals surface area contributed by atoms with E-state index in [1.54, 1.807) is 6.33 Å². The number of amides is 1. The molecule has 2 aliphatic heterocycles. The fraction of sp³-hybridized carbons (Fsp3) is 0.750. The van der Waals surface area contributed by atoms with Crippen LogP contribution in [-0.2, 0) is 17.6 Å². The first kappa shape index (κ1) is 17.7. The van der Waals surface area contributed by atoms with Crippen molar-refractivity contribution in [1.29, 1.82) is 0 Å². The predicted octanol–water partition coefficient (Wildman–Crippen LogP) is 1.74. The van der Waals surface area contributed by atoms with Gasteiger partial charge in [0.05, 0.1) is 0 Å². The molecule has 26 heavy (non-hydrogen) atoms. The Morgan fingerprint density at radius 3 is 2.85 bits per heavy atom. The van der Waals surface area contributed by atoms with Gasteiger partial charge in [0.2, 0.25) is 5.91 Å². The Hall–Kier alpha value is -1.69. The molecule has 1 spiro atoms. The van der Waals surface area contributed by atoms with E-state index in [9.17, 15) is 4.79 Å². The molecular weight excluding hydrogens is 326 g/mol. The molecule has 3 heterocycles. The monoisotopic (exact) mass is 357 g/mol. The number of hydrogen-bond acceptors (Lipinski definition) is 5. The van der Waals surface area contributed by atoms with Crippen LogP contribution in [0.2, 0.25) is 0 Å². The molecule has 0 aromatic carbocycles. The number of piperidine rings is 2. The van der Waals surface area contributed by atoms with Crippen molar-refractivity contribution in [3.05, 3.63) is 17.6 Å². The molecule has 0 N–H and O–H groups in total. The third-order valence-electron chi connectivity index (χ3n) is 6.38. The van der Waals surface area contributed by atoms with E-state index >= 15 is 0 Å². The number of fused-ring (bicyclic) bond motifs is 1. The lowest BCUT2D eigenvalue weighted by Gasteiger charge is -2.49. The molecule has 3 aliphatic rings. The average molecular weight is 358 g/mol. The van der Waals surface area contributed by atoms with Crippen LogP contribution in [0.25, 0.3) is 0 Å². The summed E-state index contributed by atoms with van der Waals surface area (Å²) in [5, 5.41) is 0. The lowest BCUT2D eigenvalue weighted by molar-refractivity contribution is -0.138. The topological polar surface area (TPSA) is 52.6 Å². The van der Waals surface area contributed by atoms with Crippen LogP contribution in [0.5, 0.6) is 0 Å². The van der Waals surface area contributed by atoms with Gasteiger partial charge in [0.15, 0.2) is 0 Å². The summed E-state index contributed by atoms with van der Waals surface area (Å²) in [7, 11) is 4.14. The van der Waals surface area contributed by atoms with E-state index in [0.717, 1.165) is 52.0 Å². The van der Waals surface area contributed by atoms with E-state index in [1.807, 2.05) is 0 Å². The Bertz CT molecular complexity index is 676. The fourth-order valence-corrected chi connectivity index (χ4v) is 4.96. The van der Waals surface area contributed by atoms with Gasteiger partial charge in [-0.1, -0.05) is 0 Å². The Morgan fingerprint density at radius 1 is 1.12 bits per heavy atom. The molecule has 1 amide bonds. The first-order chi connectivity index (χ1) is 12.6. The highest BCUT2D eigenvalue weighted by Crippen LogP contribution is 2.41. The van der Waals surface area contributed by atoms with Crippen LogP contribution >= 0.6 is 0 Å². The van der Waals surface area contributed by atoms with Crippen molar-refractivity contribution in [1.82, 2.24) is 19.8 Å². The van der Waals surface area contributed by atoms with Crippen LogP contribution < -0.4 is 4.90 Å². The summed E-state index contributed by atoms with van der Waals surface area (Å²) in [6, 6.07) is 0. The van der Waals surface area contributed by atoms with Crippen molar-refractivity contribution in [3.8, 4) is 0 Å². The second-order valence-electron chi connectivity index (χ2n) is 8.62. The lowest BCUT2D eigenvalue weighted by Crippen LogP contribution is -2.55. The van der Waals surface area contributed by atoms with Crippen LogP contribution in [0.4, 0.5) is 5.82 Å². The summed E-state index contributed by atoms with van der Waals surface area (Å²) >= 11 is 0. The van der Waals surface area contributed by atoms with E-state index in [4.69, 9.17) is 0 Å². The molecule has 1 aromatic rings. The fourth-order valence-electron chi connectivity index (χ4n) is 4.96. The van der Waals surface area contributed by atoms with Gasteiger partial charge in [-0.25, -0.2) is 9.97 Å². The number of aromatic nitrogens is 2. The third kappa shape index (κ3) is 3.43. The minimum Gasteiger partial charge on any atom is -0.356 e. The number of aryl methyl sites for hydroxylation is 1. The molecule has 142 valence electrons. The molecule has 6 nitrogen and oxygen atoms in total. The summed E-state index contributed by atoms with van der Waals surface area (Å²) in [5.74, 6) is 1.50. The quantitative estimate of drug-likeness (QED) is 0.822. The van der Waals surface area contributed by atoms with Crippen molar-refractivity contribution in [2.75, 3.05) is 51.7 Å². The molecule has 0 radical (unpaired) electrons. The molecule has 1 aliphatic carbocycles. The van der Waals surface area contributed by atoms with Gasteiger partial charge in [-0.05, 0) is 52.6 Å². The Labute approximate surface area is 156 Å². The van der Waals surface area contributed by atoms with Gasteiger partial charge < -0.3 is 14.7 Å². The second kappa shape index (κ2) is 7.14. The third-order valence-corrected chi connectivity index (χ3v) is 6.38. The van der Waals surface area contributed by atoms with Crippen LogP contribution in [0.15, 0.2) is 6.33 Å². The summed E-state index contributed by atoms with van der Waals surface area (Å²) in [6.07, 6.45) is 9.29. The van der Waals surface area contributed by atoms with Crippen molar-refractivity contribution in [2.24, 2.45) is 5.41 Å². The summed E-state index contributed by atoms with van der Waals surface area (Å²) in [6.45, 7) is 4.80. The number of anilines is 1. The highest BCUT2D eigenvalue weighted by atomic mass is 16.2. The molecular formula is C20H31N5O.